The number of amides is 4. The number of aliphatic hydroxyl groups is 1. The molecule has 1 saturated carbocycles. The van der Waals surface area contributed by atoms with Gasteiger partial charge in [-0.3, -0.25) is 19.2 Å². The van der Waals surface area contributed by atoms with Crippen LogP contribution in [-0.2, 0) is 45.0 Å². The van der Waals surface area contributed by atoms with Gasteiger partial charge in [0.15, 0.2) is 11.9 Å². The number of β-amino-alcohol motifs (C(OH)–C–C–N with tert-alkyl or cyclic N) is 1. The van der Waals surface area contributed by atoms with Gasteiger partial charge in [0, 0.05) is 49.7 Å². The Morgan fingerprint density at radius 3 is 2.46 bits per heavy atom. The minimum Gasteiger partial charge on any atom is -0.391 e. The molecule has 8 rings (SSSR count). The van der Waals surface area contributed by atoms with Gasteiger partial charge in [0.25, 0.3) is 0 Å². The Labute approximate surface area is 339 Å². The second-order valence-electron chi connectivity index (χ2n) is 18.4. The van der Waals surface area contributed by atoms with Crippen LogP contribution in [0.1, 0.15) is 97.6 Å². The third-order valence-corrected chi connectivity index (χ3v) is 14.2. The molecular weight excluding hydrogens is 749 g/mol. The fraction of sp³-hybridized carbons (Fsp3) is 0.674. The summed E-state index contributed by atoms with van der Waals surface area (Å²) in [6, 6.07) is 8.24. The summed E-state index contributed by atoms with van der Waals surface area (Å²) >= 11 is 1.68. The third kappa shape index (κ3) is 8.40. The van der Waals surface area contributed by atoms with E-state index in [0.717, 1.165) is 30.4 Å². The maximum Gasteiger partial charge on any atom is 0.246 e. The summed E-state index contributed by atoms with van der Waals surface area (Å²) < 4.78 is 13.0. The molecule has 1 aliphatic carbocycles. The van der Waals surface area contributed by atoms with Gasteiger partial charge >= 0.3 is 0 Å². The van der Waals surface area contributed by atoms with E-state index in [-0.39, 0.29) is 68.5 Å². The maximum absolute atomic E-state index is 14.1. The number of thiophene rings is 1. The second kappa shape index (κ2) is 16.3. The molecule has 57 heavy (non-hydrogen) atoms. The number of benzene rings is 1. The number of ether oxygens (including phenoxy) is 2. The minimum atomic E-state index is -0.969. The van der Waals surface area contributed by atoms with Gasteiger partial charge in [0.05, 0.1) is 18.6 Å². The highest BCUT2D eigenvalue weighted by Gasteiger charge is 2.69. The lowest BCUT2D eigenvalue weighted by Gasteiger charge is -2.60. The molecule has 6 heterocycles. The van der Waals surface area contributed by atoms with Crippen molar-refractivity contribution in [2.45, 2.75) is 142 Å². The number of likely N-dealkylation sites (tertiary alicyclic amines) is 1. The molecule has 6 aliphatic rings. The van der Waals surface area contributed by atoms with Crippen molar-refractivity contribution < 1.29 is 43.5 Å². The van der Waals surface area contributed by atoms with Gasteiger partial charge in [-0.15, -0.1) is 11.3 Å². The minimum absolute atomic E-state index is 0.0148. The molecule has 2 bridgehead atoms. The molecular formula is C43H60N4O9S. The number of nitrogens with one attached hydrogen (secondary N) is 3. The predicted octanol–water partition coefficient (Wildman–Crippen LogP) is 4.98. The SMILES string of the molecule is Cc1ccsc1-c1ccc(CNC(=O)[C@@H]2C[C@@H](O)CN2C(=O)[C@@H](NC(=O)CCNC(=O)C[C@H]2O[C@@H]3O[C@@]4(C)CC[C@H]5[C@H](C)CC[C@@H]([C@H]2C)[C@@]35OO4)C(C)(C)C)cc1. The Morgan fingerprint density at radius 2 is 1.75 bits per heavy atom. The highest BCUT2D eigenvalue weighted by molar-refractivity contribution is 7.13. The summed E-state index contributed by atoms with van der Waals surface area (Å²) in [7, 11) is 0. The molecule has 5 saturated heterocycles. The van der Waals surface area contributed by atoms with E-state index in [9.17, 15) is 24.3 Å². The standard InChI is InChI=1S/C43H60N4O9S/c1-24-8-13-31-26(3)33(53-40-43(31)30(24)14-17-42(7,54-40)55-56-43)21-35(50)44-18-15-34(49)46-37(41(4,5)6)39(52)47-23-29(48)20-32(47)38(51)45-22-27-9-11-28(12-10-27)36-25(2)16-19-57-36/h9-12,16,19,24,26,29-33,37,40,48H,8,13-15,17-18,20-23H2,1-7H3,(H,44,50)(H,45,51)(H,46,49)/t24-,26-,29-,30+,31+,32+,33-,37-,40-,42-,43-/m1/s1. The summed E-state index contributed by atoms with van der Waals surface area (Å²) in [5.41, 5.74) is 1.83. The van der Waals surface area contributed by atoms with Crippen LogP contribution in [0, 0.1) is 36.0 Å². The Balaban J connectivity index is 0.910. The Kier molecular flexibility index (Phi) is 12.0. The van der Waals surface area contributed by atoms with Crippen LogP contribution in [0.3, 0.4) is 0 Å². The number of aliphatic hydroxyl groups excluding tert-OH is 1. The molecule has 11 atom stereocenters. The topological polar surface area (TPSA) is 165 Å². The van der Waals surface area contributed by atoms with Crippen LogP contribution in [0.4, 0.5) is 0 Å². The van der Waals surface area contributed by atoms with E-state index < -0.39 is 59.2 Å². The lowest BCUT2D eigenvalue weighted by Crippen LogP contribution is -2.70. The molecule has 14 heteroatoms. The van der Waals surface area contributed by atoms with Crippen LogP contribution in [0.25, 0.3) is 10.4 Å². The Hall–Kier alpha value is -3.40. The molecule has 1 aromatic heterocycles. The highest BCUT2D eigenvalue weighted by Crippen LogP contribution is 2.60. The van der Waals surface area contributed by atoms with Gasteiger partial charge in [0.2, 0.25) is 29.4 Å². The first-order chi connectivity index (χ1) is 27.0. The number of carbonyl (C=O) groups excluding carboxylic acids is 4. The van der Waals surface area contributed by atoms with Gasteiger partial charge in [-0.2, -0.15) is 0 Å². The molecule has 0 radical (unpaired) electrons. The molecule has 1 aromatic carbocycles. The zero-order chi connectivity index (χ0) is 40.9. The average molecular weight is 809 g/mol. The van der Waals surface area contributed by atoms with Crippen molar-refractivity contribution in [1.29, 1.82) is 0 Å². The van der Waals surface area contributed by atoms with E-state index in [1.165, 1.54) is 15.3 Å². The molecule has 312 valence electrons. The van der Waals surface area contributed by atoms with Crippen molar-refractivity contribution in [3.8, 4) is 10.4 Å². The monoisotopic (exact) mass is 808 g/mol. The van der Waals surface area contributed by atoms with Crippen LogP contribution < -0.4 is 16.0 Å². The summed E-state index contributed by atoms with van der Waals surface area (Å²) in [5.74, 6) is -1.56. The molecule has 1 spiro atoms. The van der Waals surface area contributed by atoms with E-state index in [2.05, 4.69) is 48.2 Å². The lowest BCUT2D eigenvalue weighted by atomic mass is 9.57. The predicted molar refractivity (Wildman–Crippen MR) is 213 cm³/mol. The Morgan fingerprint density at radius 1 is 1.00 bits per heavy atom. The molecule has 5 aliphatic heterocycles. The Bertz CT molecular complexity index is 1810. The normalized spacial score (nSPS) is 33.9. The average Bonchev–Trinajstić information content (AvgIpc) is 3.70. The number of nitrogens with zero attached hydrogens (tertiary/aromatic N) is 1. The summed E-state index contributed by atoms with van der Waals surface area (Å²) in [5, 5.41) is 21.3. The number of hydrogen-bond acceptors (Lipinski definition) is 10. The highest BCUT2D eigenvalue weighted by atomic mass is 32.1. The van der Waals surface area contributed by atoms with E-state index in [0.29, 0.717) is 12.3 Å². The summed E-state index contributed by atoms with van der Waals surface area (Å²) in [6.07, 6.45) is 1.89. The quantitative estimate of drug-likeness (QED) is 0.229. The molecule has 0 unspecified atom stereocenters. The van der Waals surface area contributed by atoms with E-state index in [1.807, 2.05) is 52.0 Å². The van der Waals surface area contributed by atoms with Crippen molar-refractivity contribution in [2.75, 3.05) is 13.1 Å². The third-order valence-electron chi connectivity index (χ3n) is 13.2. The number of fused-ring (bicyclic) bond motifs is 2. The van der Waals surface area contributed by atoms with Crippen molar-refractivity contribution in [1.82, 2.24) is 20.9 Å². The van der Waals surface area contributed by atoms with Gasteiger partial charge in [-0.05, 0) is 84.4 Å². The second-order valence-corrected chi connectivity index (χ2v) is 19.3. The fourth-order valence-electron chi connectivity index (χ4n) is 9.89. The van der Waals surface area contributed by atoms with Gasteiger partial charge in [-0.1, -0.05) is 58.9 Å². The molecule has 4 amide bonds. The van der Waals surface area contributed by atoms with Crippen LogP contribution >= 0.6 is 11.3 Å². The van der Waals surface area contributed by atoms with Crippen molar-refractivity contribution in [2.24, 2.45) is 29.1 Å². The first-order valence-electron chi connectivity index (χ1n) is 20.6. The van der Waals surface area contributed by atoms with Crippen LogP contribution in [0.5, 0.6) is 0 Å². The molecule has 13 nitrogen and oxygen atoms in total. The largest absolute Gasteiger partial charge is 0.391 e. The van der Waals surface area contributed by atoms with Crippen molar-refractivity contribution in [3.05, 3.63) is 46.8 Å². The van der Waals surface area contributed by atoms with Crippen molar-refractivity contribution >= 4 is 35.0 Å². The molecule has 2 aromatic rings. The summed E-state index contributed by atoms with van der Waals surface area (Å²) in [4.78, 5) is 68.8. The van der Waals surface area contributed by atoms with Crippen LogP contribution in [0.2, 0.25) is 0 Å². The van der Waals surface area contributed by atoms with Gasteiger partial charge < -0.3 is 35.4 Å². The van der Waals surface area contributed by atoms with Crippen LogP contribution in [-0.4, -0.2) is 88.7 Å². The first-order valence-corrected chi connectivity index (χ1v) is 21.5. The van der Waals surface area contributed by atoms with E-state index >= 15 is 0 Å². The molecule has 6 fully saturated rings. The van der Waals surface area contributed by atoms with Crippen molar-refractivity contribution in [3.63, 3.8) is 0 Å². The van der Waals surface area contributed by atoms with E-state index in [1.54, 1.807) is 11.3 Å². The zero-order valence-electron chi connectivity index (χ0n) is 34.3. The van der Waals surface area contributed by atoms with Gasteiger partial charge in [0.1, 0.15) is 12.1 Å². The van der Waals surface area contributed by atoms with Gasteiger partial charge in [-0.25, -0.2) is 9.78 Å². The first kappa shape index (κ1) is 41.7. The van der Waals surface area contributed by atoms with E-state index in [4.69, 9.17) is 19.2 Å². The number of aryl methyl sites for hydroxylation is 1. The summed E-state index contributed by atoms with van der Waals surface area (Å²) in [6.45, 7) is 14.2. The number of rotatable bonds is 11. The lowest BCUT2D eigenvalue weighted by molar-refractivity contribution is -0.570. The fourth-order valence-corrected chi connectivity index (χ4v) is 10.8. The maximum atomic E-state index is 14.1. The zero-order valence-corrected chi connectivity index (χ0v) is 35.1. The van der Waals surface area contributed by atoms with Crippen LogP contribution in [0.15, 0.2) is 35.7 Å². The molecule has 4 N–H and O–H groups in total. The smallest absolute Gasteiger partial charge is 0.246 e. The number of carbonyl (C=O) groups is 4. The number of hydrogen-bond donors (Lipinski definition) is 4.